The topological polar surface area (TPSA) is 23.6 Å². The summed E-state index contributed by atoms with van der Waals surface area (Å²) in [4.78, 5) is 16.8. The van der Waals surface area contributed by atoms with E-state index in [0.717, 1.165) is 13.1 Å². The molecule has 2 saturated heterocycles. The summed E-state index contributed by atoms with van der Waals surface area (Å²) in [5.74, 6) is 0.327. The van der Waals surface area contributed by atoms with E-state index in [4.69, 9.17) is 0 Å². The first-order valence-corrected chi connectivity index (χ1v) is 6.80. The summed E-state index contributed by atoms with van der Waals surface area (Å²) in [5.41, 5.74) is 0.213. The molecule has 98 valence electrons. The van der Waals surface area contributed by atoms with Crippen molar-refractivity contribution in [2.45, 2.75) is 40.0 Å². The summed E-state index contributed by atoms with van der Waals surface area (Å²) in [7, 11) is 2.19. The van der Waals surface area contributed by atoms with Crippen molar-refractivity contribution in [3.05, 3.63) is 0 Å². The van der Waals surface area contributed by atoms with Crippen molar-refractivity contribution in [3.63, 3.8) is 0 Å². The molecule has 2 heterocycles. The van der Waals surface area contributed by atoms with Gasteiger partial charge in [0, 0.05) is 18.5 Å². The van der Waals surface area contributed by atoms with Gasteiger partial charge in [0.1, 0.15) is 0 Å². The Morgan fingerprint density at radius 3 is 2.12 bits per heavy atom. The van der Waals surface area contributed by atoms with Crippen molar-refractivity contribution < 1.29 is 4.79 Å². The fourth-order valence-corrected chi connectivity index (χ4v) is 3.08. The van der Waals surface area contributed by atoms with Gasteiger partial charge in [-0.05, 0) is 44.8 Å². The van der Waals surface area contributed by atoms with Gasteiger partial charge in [-0.3, -0.25) is 4.79 Å². The standard InChI is InChI=1S/C14H26N2O/c1-13(2,3)12(17)16-10-7-14(11-16)5-8-15(4)9-6-14/h5-11H2,1-4H3. The second-order valence-corrected chi connectivity index (χ2v) is 7.03. The van der Waals surface area contributed by atoms with Gasteiger partial charge in [0.2, 0.25) is 5.91 Å². The van der Waals surface area contributed by atoms with Gasteiger partial charge in [0.15, 0.2) is 0 Å². The molecule has 0 aromatic carbocycles. The van der Waals surface area contributed by atoms with Crippen LogP contribution in [0.1, 0.15) is 40.0 Å². The van der Waals surface area contributed by atoms with Crippen molar-refractivity contribution in [2.75, 3.05) is 33.2 Å². The molecule has 2 aliphatic rings. The molecule has 0 aliphatic carbocycles. The van der Waals surface area contributed by atoms with Crippen LogP contribution in [0.25, 0.3) is 0 Å². The van der Waals surface area contributed by atoms with E-state index in [2.05, 4.69) is 16.8 Å². The molecular weight excluding hydrogens is 212 g/mol. The van der Waals surface area contributed by atoms with Crippen LogP contribution in [0.15, 0.2) is 0 Å². The van der Waals surface area contributed by atoms with E-state index in [1.807, 2.05) is 20.8 Å². The lowest BCUT2D eigenvalue weighted by Gasteiger charge is -2.38. The zero-order chi connectivity index (χ0) is 12.7. The first kappa shape index (κ1) is 12.9. The zero-order valence-corrected chi connectivity index (χ0v) is 11.8. The Morgan fingerprint density at radius 1 is 1.06 bits per heavy atom. The van der Waals surface area contributed by atoms with Crippen molar-refractivity contribution in [2.24, 2.45) is 10.8 Å². The summed E-state index contributed by atoms with van der Waals surface area (Å²) >= 11 is 0. The maximum Gasteiger partial charge on any atom is 0.227 e. The molecule has 2 aliphatic heterocycles. The average Bonchev–Trinajstić information content (AvgIpc) is 2.65. The first-order chi connectivity index (χ1) is 7.82. The average molecular weight is 238 g/mol. The second-order valence-electron chi connectivity index (χ2n) is 7.03. The number of hydrogen-bond donors (Lipinski definition) is 0. The monoisotopic (exact) mass is 238 g/mol. The minimum Gasteiger partial charge on any atom is -0.342 e. The Hall–Kier alpha value is -0.570. The highest BCUT2D eigenvalue weighted by molar-refractivity contribution is 5.81. The van der Waals surface area contributed by atoms with E-state index in [0.29, 0.717) is 11.3 Å². The lowest BCUT2D eigenvalue weighted by atomic mass is 9.78. The van der Waals surface area contributed by atoms with Crippen LogP contribution in [0.4, 0.5) is 0 Å². The van der Waals surface area contributed by atoms with Gasteiger partial charge in [0.25, 0.3) is 0 Å². The molecule has 0 radical (unpaired) electrons. The van der Waals surface area contributed by atoms with E-state index in [9.17, 15) is 4.79 Å². The quantitative estimate of drug-likeness (QED) is 0.644. The van der Waals surface area contributed by atoms with Crippen LogP contribution in [0.3, 0.4) is 0 Å². The van der Waals surface area contributed by atoms with E-state index in [1.54, 1.807) is 0 Å². The highest BCUT2D eigenvalue weighted by atomic mass is 16.2. The number of hydrogen-bond acceptors (Lipinski definition) is 2. The van der Waals surface area contributed by atoms with Gasteiger partial charge in [-0.2, -0.15) is 0 Å². The number of piperidine rings is 1. The highest BCUT2D eigenvalue weighted by Crippen LogP contribution is 2.41. The first-order valence-electron chi connectivity index (χ1n) is 6.80. The Balaban J connectivity index is 1.98. The lowest BCUT2D eigenvalue weighted by Crippen LogP contribution is -2.43. The molecule has 3 nitrogen and oxygen atoms in total. The van der Waals surface area contributed by atoms with Crippen molar-refractivity contribution >= 4 is 5.91 Å². The van der Waals surface area contributed by atoms with E-state index >= 15 is 0 Å². The molecule has 2 rings (SSSR count). The van der Waals surface area contributed by atoms with Crippen LogP contribution >= 0.6 is 0 Å². The molecule has 3 heteroatoms. The Labute approximate surface area is 105 Å². The Morgan fingerprint density at radius 2 is 1.59 bits per heavy atom. The second kappa shape index (κ2) is 4.27. The lowest BCUT2D eigenvalue weighted by molar-refractivity contribution is -0.138. The fourth-order valence-electron chi connectivity index (χ4n) is 3.08. The van der Waals surface area contributed by atoms with Crippen LogP contribution in [-0.2, 0) is 4.79 Å². The molecule has 0 aromatic heterocycles. The third-order valence-electron chi connectivity index (χ3n) is 4.41. The maximum absolute atomic E-state index is 12.3. The molecule has 0 N–H and O–H groups in total. The maximum atomic E-state index is 12.3. The number of carbonyl (C=O) groups excluding carboxylic acids is 1. The Kier molecular flexibility index (Phi) is 3.23. The van der Waals surface area contributed by atoms with E-state index < -0.39 is 0 Å². The van der Waals surface area contributed by atoms with Crippen LogP contribution < -0.4 is 0 Å². The van der Waals surface area contributed by atoms with E-state index in [-0.39, 0.29) is 5.41 Å². The van der Waals surface area contributed by atoms with Crippen molar-refractivity contribution in [1.82, 2.24) is 9.80 Å². The fraction of sp³-hybridized carbons (Fsp3) is 0.929. The molecule has 0 bridgehead atoms. The Bertz CT molecular complexity index is 298. The third kappa shape index (κ3) is 2.65. The van der Waals surface area contributed by atoms with Gasteiger partial charge < -0.3 is 9.80 Å². The predicted molar refractivity (Wildman–Crippen MR) is 69.8 cm³/mol. The van der Waals surface area contributed by atoms with Crippen LogP contribution in [0, 0.1) is 10.8 Å². The summed E-state index contributed by atoms with van der Waals surface area (Å²) in [6, 6.07) is 0. The smallest absolute Gasteiger partial charge is 0.227 e. The molecule has 1 amide bonds. The molecule has 1 spiro atoms. The number of nitrogens with zero attached hydrogens (tertiary/aromatic N) is 2. The van der Waals surface area contributed by atoms with Gasteiger partial charge >= 0.3 is 0 Å². The molecule has 0 unspecified atom stereocenters. The minimum absolute atomic E-state index is 0.225. The zero-order valence-electron chi connectivity index (χ0n) is 11.8. The van der Waals surface area contributed by atoms with Crippen LogP contribution in [0.2, 0.25) is 0 Å². The predicted octanol–water partition coefficient (Wildman–Crippen LogP) is 1.98. The molecule has 17 heavy (non-hydrogen) atoms. The summed E-state index contributed by atoms with van der Waals surface area (Å²) in [6.07, 6.45) is 3.73. The molecular formula is C14H26N2O. The molecule has 2 fully saturated rings. The summed E-state index contributed by atoms with van der Waals surface area (Å²) < 4.78 is 0. The van der Waals surface area contributed by atoms with Crippen LogP contribution in [-0.4, -0.2) is 48.9 Å². The molecule has 0 aromatic rings. The van der Waals surface area contributed by atoms with E-state index in [1.165, 1.54) is 32.4 Å². The highest BCUT2D eigenvalue weighted by Gasteiger charge is 2.43. The van der Waals surface area contributed by atoms with Crippen molar-refractivity contribution in [1.29, 1.82) is 0 Å². The summed E-state index contributed by atoms with van der Waals surface area (Å²) in [5, 5.41) is 0. The number of rotatable bonds is 0. The molecule has 0 atom stereocenters. The number of carbonyl (C=O) groups is 1. The SMILES string of the molecule is CN1CCC2(CC1)CCN(C(=O)C(C)(C)C)C2. The number of amides is 1. The largest absolute Gasteiger partial charge is 0.342 e. The molecule has 0 saturated carbocycles. The minimum atomic E-state index is -0.225. The number of likely N-dealkylation sites (tertiary alicyclic amines) is 2. The normalized spacial score (nSPS) is 25.5. The van der Waals surface area contributed by atoms with Crippen molar-refractivity contribution in [3.8, 4) is 0 Å². The van der Waals surface area contributed by atoms with Gasteiger partial charge in [-0.1, -0.05) is 20.8 Å². The third-order valence-corrected chi connectivity index (χ3v) is 4.41. The van der Waals surface area contributed by atoms with Gasteiger partial charge in [-0.15, -0.1) is 0 Å². The summed E-state index contributed by atoms with van der Waals surface area (Å²) in [6.45, 7) is 10.4. The van der Waals surface area contributed by atoms with Gasteiger partial charge in [0.05, 0.1) is 0 Å². The van der Waals surface area contributed by atoms with Gasteiger partial charge in [-0.25, -0.2) is 0 Å². The van der Waals surface area contributed by atoms with Crippen LogP contribution in [0.5, 0.6) is 0 Å².